The van der Waals surface area contributed by atoms with E-state index < -0.39 is 0 Å². The summed E-state index contributed by atoms with van der Waals surface area (Å²) < 4.78 is 13.7. The molecule has 0 radical (unpaired) electrons. The summed E-state index contributed by atoms with van der Waals surface area (Å²) in [6, 6.07) is 10.5. The van der Waals surface area contributed by atoms with Gasteiger partial charge in [0.25, 0.3) is 0 Å². The molecule has 1 aromatic heterocycles. The lowest BCUT2D eigenvalue weighted by atomic mass is 9.91. The predicted molar refractivity (Wildman–Crippen MR) is 92.4 cm³/mol. The summed E-state index contributed by atoms with van der Waals surface area (Å²) in [4.78, 5) is 4.77. The Hall–Kier alpha value is -2.42. The van der Waals surface area contributed by atoms with Crippen LogP contribution >= 0.6 is 0 Å². The minimum Gasteiger partial charge on any atom is -0.508 e. The fraction of sp³-hybridized carbons (Fsp3) is 0.250. The third kappa shape index (κ3) is 2.67. The van der Waals surface area contributed by atoms with Crippen LogP contribution in [0.5, 0.6) is 5.75 Å². The van der Waals surface area contributed by atoms with Crippen LogP contribution in [0.1, 0.15) is 36.7 Å². The number of hydrogen-bond donors (Lipinski definition) is 1. The van der Waals surface area contributed by atoms with Gasteiger partial charge in [0.1, 0.15) is 11.6 Å². The highest BCUT2D eigenvalue weighted by atomic mass is 19.1. The molecule has 0 spiro atoms. The van der Waals surface area contributed by atoms with Gasteiger partial charge in [-0.2, -0.15) is 0 Å². The Kier molecular flexibility index (Phi) is 3.80. The third-order valence-corrected chi connectivity index (χ3v) is 4.20. The van der Waals surface area contributed by atoms with Gasteiger partial charge < -0.3 is 5.11 Å². The summed E-state index contributed by atoms with van der Waals surface area (Å²) in [6.45, 7) is 7.93. The number of halogens is 1. The average Bonchev–Trinajstić information content (AvgIpc) is 2.50. The molecule has 3 aromatic rings. The number of hydrogen-bond acceptors (Lipinski definition) is 2. The summed E-state index contributed by atoms with van der Waals surface area (Å²) in [7, 11) is 0. The van der Waals surface area contributed by atoms with Crippen molar-refractivity contribution >= 4 is 10.8 Å². The first-order valence-electron chi connectivity index (χ1n) is 7.78. The molecular weight excluding hydrogens is 289 g/mol. The molecule has 0 saturated heterocycles. The van der Waals surface area contributed by atoms with Crippen molar-refractivity contribution in [2.45, 2.75) is 33.6 Å². The van der Waals surface area contributed by atoms with Crippen LogP contribution in [0.2, 0.25) is 0 Å². The Morgan fingerprint density at radius 2 is 1.74 bits per heavy atom. The highest BCUT2D eigenvalue weighted by Crippen LogP contribution is 2.37. The van der Waals surface area contributed by atoms with Gasteiger partial charge in [-0.25, -0.2) is 4.39 Å². The number of phenols is 1. The molecule has 23 heavy (non-hydrogen) atoms. The number of fused-ring (bicyclic) bond motifs is 1. The van der Waals surface area contributed by atoms with E-state index in [1.54, 1.807) is 25.1 Å². The van der Waals surface area contributed by atoms with E-state index in [2.05, 4.69) is 13.8 Å². The molecule has 0 amide bonds. The number of rotatable bonds is 2. The van der Waals surface area contributed by atoms with E-state index in [9.17, 15) is 9.50 Å². The van der Waals surface area contributed by atoms with E-state index in [1.807, 2.05) is 19.1 Å². The maximum absolute atomic E-state index is 13.7. The Morgan fingerprint density at radius 3 is 2.39 bits per heavy atom. The van der Waals surface area contributed by atoms with Crippen LogP contribution in [0.3, 0.4) is 0 Å². The van der Waals surface area contributed by atoms with Crippen LogP contribution in [0.15, 0.2) is 36.4 Å². The minimum atomic E-state index is -0.207. The zero-order valence-corrected chi connectivity index (χ0v) is 13.8. The third-order valence-electron chi connectivity index (χ3n) is 4.20. The molecule has 1 N–H and O–H groups in total. The minimum absolute atomic E-state index is 0.207. The van der Waals surface area contributed by atoms with Crippen molar-refractivity contribution in [1.29, 1.82) is 0 Å². The topological polar surface area (TPSA) is 33.1 Å². The van der Waals surface area contributed by atoms with Gasteiger partial charge in [0.2, 0.25) is 0 Å². The van der Waals surface area contributed by atoms with Gasteiger partial charge in [0, 0.05) is 16.6 Å². The van der Waals surface area contributed by atoms with E-state index in [0.29, 0.717) is 5.56 Å². The summed E-state index contributed by atoms with van der Waals surface area (Å²) >= 11 is 0. The molecule has 0 aliphatic carbocycles. The van der Waals surface area contributed by atoms with Crippen LogP contribution in [0.4, 0.5) is 4.39 Å². The molecule has 2 nitrogen and oxygen atoms in total. The lowest BCUT2D eigenvalue weighted by Gasteiger charge is -2.18. The van der Waals surface area contributed by atoms with E-state index in [4.69, 9.17) is 4.98 Å². The van der Waals surface area contributed by atoms with Gasteiger partial charge in [0.15, 0.2) is 0 Å². The predicted octanol–water partition coefficient (Wildman–Crippen LogP) is 5.49. The average molecular weight is 309 g/mol. The maximum atomic E-state index is 13.7. The number of aromatic hydroxyl groups is 1. The fourth-order valence-electron chi connectivity index (χ4n) is 3.01. The van der Waals surface area contributed by atoms with Crippen LogP contribution in [-0.2, 0) is 0 Å². The SMILES string of the molecule is Cc1cc(-c2c(C(C)C)nc(C)c3cc(O)ccc23)ccc1F. The molecule has 0 aliphatic heterocycles. The van der Waals surface area contributed by atoms with Crippen molar-refractivity contribution in [2.75, 3.05) is 0 Å². The summed E-state index contributed by atoms with van der Waals surface area (Å²) in [5.74, 6) is 0.259. The first-order chi connectivity index (χ1) is 10.9. The zero-order valence-electron chi connectivity index (χ0n) is 13.8. The van der Waals surface area contributed by atoms with Crippen LogP contribution in [0, 0.1) is 19.7 Å². The van der Waals surface area contributed by atoms with Gasteiger partial charge in [0.05, 0.1) is 5.69 Å². The summed E-state index contributed by atoms with van der Waals surface area (Å²) in [5.41, 5.74) is 4.47. The van der Waals surface area contributed by atoms with Crippen LogP contribution < -0.4 is 0 Å². The smallest absolute Gasteiger partial charge is 0.126 e. The van der Waals surface area contributed by atoms with Crippen molar-refractivity contribution in [1.82, 2.24) is 4.98 Å². The van der Waals surface area contributed by atoms with Crippen molar-refractivity contribution in [3.8, 4) is 16.9 Å². The summed E-state index contributed by atoms with van der Waals surface area (Å²) in [5, 5.41) is 11.8. The number of nitrogens with zero attached hydrogens (tertiary/aromatic N) is 1. The number of aryl methyl sites for hydroxylation is 2. The van der Waals surface area contributed by atoms with Crippen molar-refractivity contribution in [3.63, 3.8) is 0 Å². The van der Waals surface area contributed by atoms with E-state index in [-0.39, 0.29) is 17.5 Å². The molecule has 0 aliphatic rings. The number of phenolic OH excluding ortho intramolecular Hbond substituents is 1. The van der Waals surface area contributed by atoms with E-state index in [1.165, 1.54) is 6.07 Å². The van der Waals surface area contributed by atoms with Crippen LogP contribution in [-0.4, -0.2) is 10.1 Å². The maximum Gasteiger partial charge on any atom is 0.126 e. The van der Waals surface area contributed by atoms with E-state index in [0.717, 1.165) is 33.3 Å². The molecule has 0 fully saturated rings. The quantitative estimate of drug-likeness (QED) is 0.679. The molecule has 3 heteroatoms. The van der Waals surface area contributed by atoms with Gasteiger partial charge >= 0.3 is 0 Å². The standard InChI is InChI=1S/C20H20FNO/c1-11(2)20-19(14-5-8-18(21)12(3)9-14)16-7-6-15(23)10-17(16)13(4)22-20/h5-11,23H,1-4H3. The lowest BCUT2D eigenvalue weighted by Crippen LogP contribution is -2.01. The van der Waals surface area contributed by atoms with Gasteiger partial charge in [-0.15, -0.1) is 0 Å². The monoisotopic (exact) mass is 309 g/mol. The molecular formula is C20H20FNO. The molecule has 0 saturated carbocycles. The number of benzene rings is 2. The first-order valence-corrected chi connectivity index (χ1v) is 7.78. The Labute approximate surface area is 135 Å². The largest absolute Gasteiger partial charge is 0.508 e. The van der Waals surface area contributed by atoms with Crippen LogP contribution in [0.25, 0.3) is 21.9 Å². The second kappa shape index (κ2) is 5.65. The molecule has 0 bridgehead atoms. The second-order valence-corrected chi connectivity index (χ2v) is 6.31. The normalized spacial score (nSPS) is 11.4. The first kappa shape index (κ1) is 15.5. The molecule has 2 aromatic carbocycles. The van der Waals surface area contributed by atoms with Crippen molar-refractivity contribution in [2.24, 2.45) is 0 Å². The van der Waals surface area contributed by atoms with Gasteiger partial charge in [-0.3, -0.25) is 4.98 Å². The molecule has 118 valence electrons. The number of pyridine rings is 1. The zero-order chi connectivity index (χ0) is 16.7. The Morgan fingerprint density at radius 1 is 1.00 bits per heavy atom. The van der Waals surface area contributed by atoms with E-state index >= 15 is 0 Å². The molecule has 3 rings (SSSR count). The van der Waals surface area contributed by atoms with Crippen molar-refractivity contribution in [3.05, 3.63) is 59.2 Å². The Balaban J connectivity index is 2.43. The molecule has 1 heterocycles. The fourth-order valence-corrected chi connectivity index (χ4v) is 3.01. The molecule has 0 unspecified atom stereocenters. The highest BCUT2D eigenvalue weighted by Gasteiger charge is 2.17. The lowest BCUT2D eigenvalue weighted by molar-refractivity contribution is 0.476. The number of aromatic nitrogens is 1. The second-order valence-electron chi connectivity index (χ2n) is 6.31. The Bertz CT molecular complexity index is 900. The molecule has 0 atom stereocenters. The van der Waals surface area contributed by atoms with Crippen molar-refractivity contribution < 1.29 is 9.50 Å². The van der Waals surface area contributed by atoms with Gasteiger partial charge in [-0.05, 0) is 66.6 Å². The highest BCUT2D eigenvalue weighted by molar-refractivity contribution is 5.99. The van der Waals surface area contributed by atoms with Gasteiger partial charge in [-0.1, -0.05) is 19.9 Å². The summed E-state index contributed by atoms with van der Waals surface area (Å²) in [6.07, 6.45) is 0.